The lowest BCUT2D eigenvalue weighted by Crippen LogP contribution is -2.37. The standard InChI is InChI=1S/C24H30N2O4/c1-4-5-6-7-15-25-24(29)26(2)21-10-8-9-20(17-21)19-13-11-18(12-14-19)16-22(30-3)23(27)28/h8-14,16-17H,4-7,15H2,1-3H3,(H,25,29)(H,27,28)/b22-16-. The predicted octanol–water partition coefficient (Wildman–Crippen LogP) is 5.15. The number of urea groups is 1. The van der Waals surface area contributed by atoms with Crippen LogP contribution >= 0.6 is 0 Å². The number of rotatable bonds is 10. The SMILES string of the molecule is CCCCCCNC(=O)N(C)c1cccc(-c2ccc(/C=C(\OC)C(=O)O)cc2)c1. The summed E-state index contributed by atoms with van der Waals surface area (Å²) in [5.41, 5.74) is 3.47. The number of benzene rings is 2. The number of carboxylic acids is 1. The Kier molecular flexibility index (Phi) is 8.94. The van der Waals surface area contributed by atoms with E-state index in [1.54, 1.807) is 11.9 Å². The van der Waals surface area contributed by atoms with Gasteiger partial charge in [-0.05, 0) is 41.3 Å². The molecule has 0 saturated carbocycles. The minimum absolute atomic E-state index is 0.118. The fourth-order valence-corrected chi connectivity index (χ4v) is 3.01. The fourth-order valence-electron chi connectivity index (χ4n) is 3.01. The van der Waals surface area contributed by atoms with Crippen molar-refractivity contribution in [3.63, 3.8) is 0 Å². The molecule has 0 unspecified atom stereocenters. The van der Waals surface area contributed by atoms with Gasteiger partial charge in [0.15, 0.2) is 0 Å². The van der Waals surface area contributed by atoms with E-state index in [1.165, 1.54) is 26.0 Å². The number of ether oxygens (including phenoxy) is 1. The zero-order chi connectivity index (χ0) is 21.9. The smallest absolute Gasteiger partial charge is 0.371 e. The molecule has 0 radical (unpaired) electrons. The van der Waals surface area contributed by atoms with Crippen LogP contribution in [-0.4, -0.2) is 37.8 Å². The molecule has 2 N–H and O–H groups in total. The van der Waals surface area contributed by atoms with Crippen LogP contribution in [-0.2, 0) is 9.53 Å². The summed E-state index contributed by atoms with van der Waals surface area (Å²) in [6, 6.07) is 15.1. The molecule has 30 heavy (non-hydrogen) atoms. The number of amides is 2. The van der Waals surface area contributed by atoms with Crippen molar-refractivity contribution in [3.8, 4) is 11.1 Å². The number of aliphatic carboxylic acids is 1. The van der Waals surface area contributed by atoms with Gasteiger partial charge in [-0.2, -0.15) is 0 Å². The Morgan fingerprint density at radius 1 is 1.07 bits per heavy atom. The third-order valence-electron chi connectivity index (χ3n) is 4.82. The van der Waals surface area contributed by atoms with Gasteiger partial charge in [0.2, 0.25) is 5.76 Å². The van der Waals surface area contributed by atoms with Crippen molar-refractivity contribution < 1.29 is 19.4 Å². The number of hydrogen-bond acceptors (Lipinski definition) is 3. The van der Waals surface area contributed by atoms with Crippen molar-refractivity contribution in [2.24, 2.45) is 0 Å². The van der Waals surface area contributed by atoms with Gasteiger partial charge in [-0.15, -0.1) is 0 Å². The van der Waals surface area contributed by atoms with Crippen LogP contribution in [0.3, 0.4) is 0 Å². The maximum absolute atomic E-state index is 12.4. The number of hydrogen-bond donors (Lipinski definition) is 2. The summed E-state index contributed by atoms with van der Waals surface area (Å²) in [7, 11) is 3.09. The minimum Gasteiger partial charge on any atom is -0.490 e. The summed E-state index contributed by atoms with van der Waals surface area (Å²) in [6.07, 6.45) is 5.94. The Morgan fingerprint density at radius 3 is 2.43 bits per heavy atom. The normalized spacial score (nSPS) is 11.1. The molecule has 2 rings (SSSR count). The van der Waals surface area contributed by atoms with Crippen molar-refractivity contribution in [1.82, 2.24) is 5.32 Å². The second kappa shape index (κ2) is 11.7. The number of carbonyl (C=O) groups excluding carboxylic acids is 1. The zero-order valence-electron chi connectivity index (χ0n) is 17.9. The minimum atomic E-state index is -1.11. The average Bonchev–Trinajstić information content (AvgIpc) is 2.77. The van der Waals surface area contributed by atoms with Crippen molar-refractivity contribution in [3.05, 3.63) is 59.9 Å². The third-order valence-corrected chi connectivity index (χ3v) is 4.82. The Morgan fingerprint density at radius 2 is 1.80 bits per heavy atom. The Labute approximate surface area is 178 Å². The first-order chi connectivity index (χ1) is 14.5. The van der Waals surface area contributed by atoms with Gasteiger partial charge in [0, 0.05) is 19.3 Å². The van der Waals surface area contributed by atoms with Crippen LogP contribution in [0.1, 0.15) is 38.2 Å². The number of nitrogens with zero attached hydrogens (tertiary/aromatic N) is 1. The highest BCUT2D eigenvalue weighted by Crippen LogP contribution is 2.25. The number of methoxy groups -OCH3 is 1. The van der Waals surface area contributed by atoms with Crippen LogP contribution in [0.5, 0.6) is 0 Å². The Bertz CT molecular complexity index is 875. The van der Waals surface area contributed by atoms with E-state index in [2.05, 4.69) is 12.2 Å². The number of unbranched alkanes of at least 4 members (excludes halogenated alkanes) is 3. The summed E-state index contributed by atoms with van der Waals surface area (Å²) in [4.78, 5) is 25.1. The largest absolute Gasteiger partial charge is 0.490 e. The summed E-state index contributed by atoms with van der Waals surface area (Å²) < 4.78 is 4.86. The van der Waals surface area contributed by atoms with E-state index in [0.717, 1.165) is 35.2 Å². The molecule has 2 aromatic carbocycles. The second-order valence-corrected chi connectivity index (χ2v) is 7.04. The first-order valence-electron chi connectivity index (χ1n) is 10.2. The molecular formula is C24H30N2O4. The van der Waals surface area contributed by atoms with E-state index in [4.69, 9.17) is 9.84 Å². The number of carboxylic acid groups (broad SMARTS) is 1. The van der Waals surface area contributed by atoms with Gasteiger partial charge in [0.1, 0.15) is 0 Å². The van der Waals surface area contributed by atoms with Crippen LogP contribution in [0.4, 0.5) is 10.5 Å². The molecule has 6 nitrogen and oxygen atoms in total. The topological polar surface area (TPSA) is 78.9 Å². The molecule has 0 heterocycles. The highest BCUT2D eigenvalue weighted by atomic mass is 16.5. The molecule has 0 spiro atoms. The molecule has 2 amide bonds. The molecule has 0 bridgehead atoms. The molecule has 0 aliphatic rings. The van der Waals surface area contributed by atoms with Crippen LogP contribution in [0.2, 0.25) is 0 Å². The van der Waals surface area contributed by atoms with Crippen molar-refractivity contribution in [1.29, 1.82) is 0 Å². The lowest BCUT2D eigenvalue weighted by molar-refractivity contribution is -0.135. The second-order valence-electron chi connectivity index (χ2n) is 7.04. The van der Waals surface area contributed by atoms with Gasteiger partial charge in [0.25, 0.3) is 0 Å². The molecule has 0 saturated heterocycles. The molecule has 2 aromatic rings. The van der Waals surface area contributed by atoms with E-state index >= 15 is 0 Å². The average molecular weight is 411 g/mol. The van der Waals surface area contributed by atoms with Crippen LogP contribution in [0, 0.1) is 0 Å². The van der Waals surface area contributed by atoms with Crippen molar-refractivity contribution in [2.75, 3.05) is 25.6 Å². The van der Waals surface area contributed by atoms with Gasteiger partial charge in [0.05, 0.1) is 7.11 Å². The number of anilines is 1. The van der Waals surface area contributed by atoms with Gasteiger partial charge in [-0.1, -0.05) is 62.6 Å². The molecule has 0 atom stereocenters. The summed E-state index contributed by atoms with van der Waals surface area (Å²) in [5.74, 6) is -1.23. The van der Waals surface area contributed by atoms with Crippen molar-refractivity contribution >= 4 is 23.8 Å². The molecule has 0 fully saturated rings. The molecule has 0 aliphatic heterocycles. The molecular weight excluding hydrogens is 380 g/mol. The molecule has 160 valence electrons. The van der Waals surface area contributed by atoms with Gasteiger partial charge in [-0.3, -0.25) is 4.90 Å². The first kappa shape index (κ1) is 23.0. The lowest BCUT2D eigenvalue weighted by Gasteiger charge is -2.19. The number of carbonyl (C=O) groups is 2. The highest BCUT2D eigenvalue weighted by Gasteiger charge is 2.11. The van der Waals surface area contributed by atoms with Crippen LogP contribution in [0.15, 0.2) is 54.3 Å². The predicted molar refractivity (Wildman–Crippen MR) is 120 cm³/mol. The summed E-state index contributed by atoms with van der Waals surface area (Å²) in [5, 5.41) is 12.0. The molecule has 0 aliphatic carbocycles. The maximum Gasteiger partial charge on any atom is 0.371 e. The van der Waals surface area contributed by atoms with E-state index in [0.29, 0.717) is 6.54 Å². The van der Waals surface area contributed by atoms with Gasteiger partial charge < -0.3 is 15.2 Å². The van der Waals surface area contributed by atoms with Crippen LogP contribution in [0.25, 0.3) is 17.2 Å². The van der Waals surface area contributed by atoms with E-state index in [1.807, 2.05) is 48.5 Å². The van der Waals surface area contributed by atoms with E-state index in [-0.39, 0.29) is 11.8 Å². The Hall–Kier alpha value is -3.28. The molecule has 0 aromatic heterocycles. The van der Waals surface area contributed by atoms with Gasteiger partial charge in [-0.25, -0.2) is 9.59 Å². The lowest BCUT2D eigenvalue weighted by atomic mass is 10.0. The summed E-state index contributed by atoms with van der Waals surface area (Å²) in [6.45, 7) is 2.84. The monoisotopic (exact) mass is 410 g/mol. The third kappa shape index (κ3) is 6.65. The van der Waals surface area contributed by atoms with Gasteiger partial charge >= 0.3 is 12.0 Å². The summed E-state index contributed by atoms with van der Waals surface area (Å²) >= 11 is 0. The van der Waals surface area contributed by atoms with Crippen LogP contribution < -0.4 is 10.2 Å². The Balaban J connectivity index is 2.07. The molecule has 6 heteroatoms. The quantitative estimate of drug-likeness (QED) is 0.322. The zero-order valence-corrected chi connectivity index (χ0v) is 17.9. The van der Waals surface area contributed by atoms with E-state index < -0.39 is 5.97 Å². The van der Waals surface area contributed by atoms with Crippen molar-refractivity contribution in [2.45, 2.75) is 32.6 Å². The number of nitrogens with one attached hydrogen (secondary N) is 1. The van der Waals surface area contributed by atoms with E-state index in [9.17, 15) is 9.59 Å². The first-order valence-corrected chi connectivity index (χ1v) is 10.2. The maximum atomic E-state index is 12.4. The fraction of sp³-hybridized carbons (Fsp3) is 0.333. The highest BCUT2D eigenvalue weighted by molar-refractivity contribution is 5.92.